The molecule has 0 spiro atoms. The number of hydrogen-bond donors (Lipinski definition) is 2. The monoisotopic (exact) mass is 433 g/mol. The highest BCUT2D eigenvalue weighted by atomic mass is 19.2. The lowest BCUT2D eigenvalue weighted by atomic mass is 10.1. The van der Waals surface area contributed by atoms with Crippen LogP contribution in [0, 0.1) is 23.3 Å². The number of esters is 1. The van der Waals surface area contributed by atoms with Crippen molar-refractivity contribution in [3.8, 4) is 5.75 Å². The minimum atomic E-state index is -2.16. The van der Waals surface area contributed by atoms with Crippen molar-refractivity contribution in [2.45, 2.75) is 6.92 Å². The number of aliphatic hydroxyl groups excluding tert-OH is 1. The van der Waals surface area contributed by atoms with E-state index >= 15 is 0 Å². The van der Waals surface area contributed by atoms with Crippen LogP contribution in [0.15, 0.2) is 53.0 Å². The van der Waals surface area contributed by atoms with Crippen molar-refractivity contribution >= 4 is 34.4 Å². The smallest absolute Gasteiger partial charge is 0.343 e. The van der Waals surface area contributed by atoms with Crippen molar-refractivity contribution in [3.63, 3.8) is 0 Å². The summed E-state index contributed by atoms with van der Waals surface area (Å²) >= 11 is 0. The molecule has 0 unspecified atom stereocenters. The quantitative estimate of drug-likeness (QED) is 0.108. The Morgan fingerprint density at radius 1 is 1.06 bits per heavy atom. The fourth-order valence-corrected chi connectivity index (χ4v) is 2.82. The fraction of sp³-hybridized carbons (Fsp3) is 0.0909. The van der Waals surface area contributed by atoms with Crippen LogP contribution in [0.1, 0.15) is 12.5 Å². The van der Waals surface area contributed by atoms with Gasteiger partial charge in [0.15, 0.2) is 23.3 Å². The van der Waals surface area contributed by atoms with Crippen LogP contribution >= 0.6 is 0 Å². The maximum absolute atomic E-state index is 14.1. The van der Waals surface area contributed by atoms with Gasteiger partial charge in [0.1, 0.15) is 22.8 Å². The zero-order valence-corrected chi connectivity index (χ0v) is 16.0. The molecule has 0 saturated carbocycles. The predicted molar refractivity (Wildman–Crippen MR) is 106 cm³/mol. The molecule has 31 heavy (non-hydrogen) atoms. The first-order chi connectivity index (χ1) is 14.8. The molecule has 0 bridgehead atoms. The number of aliphatic imine (C=N–C) groups is 1. The van der Waals surface area contributed by atoms with Crippen molar-refractivity contribution in [2.75, 3.05) is 6.61 Å². The van der Waals surface area contributed by atoms with Crippen LogP contribution in [0.5, 0.6) is 5.75 Å². The minimum Gasteiger partial charge on any atom is -0.506 e. The van der Waals surface area contributed by atoms with E-state index in [9.17, 15) is 32.6 Å². The summed E-state index contributed by atoms with van der Waals surface area (Å²) in [6.45, 7) is 1.32. The Kier molecular flexibility index (Phi) is 6.24. The Hall–Kier alpha value is -3.88. The Morgan fingerprint density at radius 2 is 1.77 bits per heavy atom. The van der Waals surface area contributed by atoms with Crippen molar-refractivity contribution in [3.05, 3.63) is 76.9 Å². The maximum Gasteiger partial charge on any atom is 0.343 e. The maximum atomic E-state index is 14.1. The second-order valence-electron chi connectivity index (χ2n) is 6.24. The highest BCUT2D eigenvalue weighted by Gasteiger charge is 2.25. The van der Waals surface area contributed by atoms with Gasteiger partial charge in [-0.3, -0.25) is 4.99 Å². The third kappa shape index (κ3) is 4.20. The Morgan fingerprint density at radius 3 is 2.48 bits per heavy atom. The predicted octanol–water partition coefficient (Wildman–Crippen LogP) is 5.34. The lowest BCUT2D eigenvalue weighted by molar-refractivity contribution is -0.137. The summed E-state index contributed by atoms with van der Waals surface area (Å²) < 4.78 is 59.3. The number of nitrogens with zero attached hydrogens (tertiary/aromatic N) is 1. The normalized spacial score (nSPS) is 12.3. The average molecular weight is 433 g/mol. The topological polar surface area (TPSA) is 79.1 Å². The van der Waals surface area contributed by atoms with Gasteiger partial charge >= 0.3 is 5.97 Å². The van der Waals surface area contributed by atoms with Crippen LogP contribution in [0.3, 0.4) is 0 Å². The molecular weight excluding hydrogens is 418 g/mol. The zero-order chi connectivity index (χ0) is 22.7. The van der Waals surface area contributed by atoms with E-state index in [2.05, 4.69) is 4.99 Å². The van der Waals surface area contributed by atoms with Crippen LogP contribution in [0.2, 0.25) is 0 Å². The van der Waals surface area contributed by atoms with Gasteiger partial charge < -0.3 is 14.9 Å². The first kappa shape index (κ1) is 21.8. The van der Waals surface area contributed by atoms with Crippen LogP contribution in [-0.4, -0.2) is 29.0 Å². The molecule has 0 aliphatic rings. The SMILES string of the molecule is CCOC(=O)/C(C=Nc1c(O)ccc2ccccc12)=C(\O)c1cc(F)c(F)c(F)c1F. The Balaban J connectivity index is 2.20. The van der Waals surface area contributed by atoms with E-state index in [-0.39, 0.29) is 24.1 Å². The number of carbonyl (C=O) groups is 1. The number of ether oxygens (including phenoxy) is 1. The summed E-state index contributed by atoms with van der Waals surface area (Å²) in [5, 5.41) is 21.7. The zero-order valence-electron chi connectivity index (χ0n) is 16.0. The molecule has 0 aromatic heterocycles. The molecule has 0 fully saturated rings. The van der Waals surface area contributed by atoms with Gasteiger partial charge in [-0.1, -0.05) is 30.3 Å². The van der Waals surface area contributed by atoms with Gasteiger partial charge in [0.05, 0.1) is 12.2 Å². The molecule has 0 radical (unpaired) electrons. The number of fused-ring (bicyclic) bond motifs is 1. The fourth-order valence-electron chi connectivity index (χ4n) is 2.82. The van der Waals surface area contributed by atoms with Crippen molar-refractivity contribution in [2.24, 2.45) is 4.99 Å². The first-order valence-corrected chi connectivity index (χ1v) is 8.94. The van der Waals surface area contributed by atoms with Gasteiger partial charge in [0, 0.05) is 11.6 Å². The summed E-state index contributed by atoms with van der Waals surface area (Å²) in [4.78, 5) is 16.3. The summed E-state index contributed by atoms with van der Waals surface area (Å²) in [6, 6.07) is 10.00. The van der Waals surface area contributed by atoms with Crippen molar-refractivity contribution in [1.82, 2.24) is 0 Å². The molecule has 3 aromatic rings. The summed E-state index contributed by atoms with van der Waals surface area (Å²) in [5.41, 5.74) is -1.85. The molecule has 3 aromatic carbocycles. The standard InChI is InChI=1S/C22H15F4NO4/c1-2-31-22(30)14(21(29)13-9-15(23)18(25)19(26)17(13)24)10-27-20-12-6-4-3-5-11(12)7-8-16(20)28/h3-10,28-29H,2H2,1H3/b21-14-,27-10?. The van der Waals surface area contributed by atoms with Gasteiger partial charge in [0.25, 0.3) is 0 Å². The lowest BCUT2D eigenvalue weighted by Gasteiger charge is -2.10. The Labute approximate surface area is 173 Å². The number of hydrogen-bond acceptors (Lipinski definition) is 5. The second kappa shape index (κ2) is 8.86. The number of carbonyl (C=O) groups excluding carboxylic acids is 1. The first-order valence-electron chi connectivity index (χ1n) is 8.94. The van der Waals surface area contributed by atoms with Gasteiger partial charge in [-0.25, -0.2) is 22.4 Å². The van der Waals surface area contributed by atoms with Gasteiger partial charge in [-0.2, -0.15) is 0 Å². The largest absolute Gasteiger partial charge is 0.506 e. The highest BCUT2D eigenvalue weighted by Crippen LogP contribution is 2.35. The molecule has 0 aliphatic carbocycles. The molecule has 0 aliphatic heterocycles. The number of phenols is 1. The summed E-state index contributed by atoms with van der Waals surface area (Å²) in [6.07, 6.45) is 0.757. The van der Waals surface area contributed by atoms with Crippen molar-refractivity contribution < 1.29 is 37.3 Å². The average Bonchev–Trinajstić information content (AvgIpc) is 2.76. The third-order valence-electron chi connectivity index (χ3n) is 4.31. The van der Waals surface area contributed by atoms with Gasteiger partial charge in [0.2, 0.25) is 0 Å². The van der Waals surface area contributed by atoms with Crippen LogP contribution in [-0.2, 0) is 9.53 Å². The molecule has 5 nitrogen and oxygen atoms in total. The van der Waals surface area contributed by atoms with E-state index in [0.29, 0.717) is 10.8 Å². The molecule has 0 amide bonds. The summed E-state index contributed by atoms with van der Waals surface area (Å²) in [5.74, 6) is -10.6. The number of aliphatic hydroxyl groups is 1. The molecule has 0 heterocycles. The van der Waals surface area contributed by atoms with E-state index in [0.717, 1.165) is 6.21 Å². The molecule has 3 rings (SSSR count). The second-order valence-corrected chi connectivity index (χ2v) is 6.24. The number of rotatable bonds is 5. The van der Waals surface area contributed by atoms with E-state index in [4.69, 9.17) is 4.74 Å². The summed E-state index contributed by atoms with van der Waals surface area (Å²) in [7, 11) is 0. The van der Waals surface area contributed by atoms with Crippen molar-refractivity contribution in [1.29, 1.82) is 0 Å². The van der Waals surface area contributed by atoms with Crippen LogP contribution in [0.25, 0.3) is 16.5 Å². The number of phenolic OH excluding ortho intramolecular Hbond substituents is 1. The van der Waals surface area contributed by atoms with Crippen LogP contribution in [0.4, 0.5) is 23.2 Å². The number of aromatic hydroxyl groups is 1. The minimum absolute atomic E-state index is 0.0182. The Bertz CT molecular complexity index is 1240. The van der Waals surface area contributed by atoms with E-state index in [1.165, 1.54) is 13.0 Å². The van der Waals surface area contributed by atoms with E-state index < -0.39 is 46.1 Å². The molecule has 9 heteroatoms. The third-order valence-corrected chi connectivity index (χ3v) is 4.31. The van der Waals surface area contributed by atoms with Gasteiger partial charge in [-0.15, -0.1) is 0 Å². The van der Waals surface area contributed by atoms with Gasteiger partial charge in [-0.05, 0) is 24.4 Å². The molecule has 2 N–H and O–H groups in total. The molecule has 0 saturated heterocycles. The van der Waals surface area contributed by atoms with E-state index in [1.54, 1.807) is 30.3 Å². The number of halogens is 4. The lowest BCUT2D eigenvalue weighted by Crippen LogP contribution is -2.12. The highest BCUT2D eigenvalue weighted by molar-refractivity contribution is 6.16. The molecular formula is C22H15F4NO4. The molecule has 160 valence electrons. The number of benzene rings is 3. The van der Waals surface area contributed by atoms with Crippen LogP contribution < -0.4 is 0 Å². The molecule has 0 atom stereocenters. The van der Waals surface area contributed by atoms with E-state index in [1.807, 2.05) is 0 Å².